The van der Waals surface area contributed by atoms with E-state index >= 15 is 4.39 Å². The van der Waals surface area contributed by atoms with Crippen molar-refractivity contribution in [1.29, 1.82) is 0 Å². The first-order valence-electron chi connectivity index (χ1n) is 8.23. The number of halogens is 1. The van der Waals surface area contributed by atoms with Crippen LogP contribution in [0.4, 0.5) is 4.39 Å². The van der Waals surface area contributed by atoms with E-state index < -0.39 is 18.3 Å². The van der Waals surface area contributed by atoms with Gasteiger partial charge < -0.3 is 14.6 Å². The van der Waals surface area contributed by atoms with E-state index in [2.05, 4.69) is 5.32 Å². The van der Waals surface area contributed by atoms with E-state index in [-0.39, 0.29) is 11.1 Å². The molecule has 0 aromatic heterocycles. The van der Waals surface area contributed by atoms with E-state index in [9.17, 15) is 0 Å². The Labute approximate surface area is 127 Å². The van der Waals surface area contributed by atoms with Crippen molar-refractivity contribution in [3.05, 3.63) is 11.3 Å². The summed E-state index contributed by atoms with van der Waals surface area (Å²) < 4.78 is 26.9. The molecule has 0 unspecified atom stereocenters. The van der Waals surface area contributed by atoms with Crippen molar-refractivity contribution in [3.8, 4) is 0 Å². The molecule has 0 amide bonds. The second kappa shape index (κ2) is 5.07. The third-order valence-electron chi connectivity index (χ3n) is 6.03. The first-order valence-corrected chi connectivity index (χ1v) is 8.23. The second-order valence-corrected chi connectivity index (χ2v) is 7.80. The molecule has 2 heterocycles. The van der Waals surface area contributed by atoms with Crippen LogP contribution < -0.4 is 5.32 Å². The number of rotatable bonds is 1. The third kappa shape index (κ3) is 2.47. The summed E-state index contributed by atoms with van der Waals surface area (Å²) in [6.07, 6.45) is 5.12. The summed E-state index contributed by atoms with van der Waals surface area (Å²) >= 11 is 0. The van der Waals surface area contributed by atoms with Crippen LogP contribution in [0.25, 0.3) is 0 Å². The standard InChI is InChI=1S/C16H27BFNO2/c1-14(2)15(3,4)21-17(20-14)13(18)12-6-5-7-16(12)8-10-19-11-9-16/h19H,5-11H2,1-4H3. The van der Waals surface area contributed by atoms with Gasteiger partial charge in [0.15, 0.2) is 0 Å². The lowest BCUT2D eigenvalue weighted by atomic mass is 9.70. The quantitative estimate of drug-likeness (QED) is 0.752. The summed E-state index contributed by atoms with van der Waals surface area (Å²) in [5, 5.41) is 3.38. The van der Waals surface area contributed by atoms with Crippen LogP contribution in [-0.4, -0.2) is 31.4 Å². The van der Waals surface area contributed by atoms with Crippen LogP contribution in [0.3, 0.4) is 0 Å². The van der Waals surface area contributed by atoms with Crippen molar-refractivity contribution in [3.63, 3.8) is 0 Å². The highest BCUT2D eigenvalue weighted by Crippen LogP contribution is 2.52. The molecule has 0 atom stereocenters. The van der Waals surface area contributed by atoms with E-state index in [1.807, 2.05) is 27.7 Å². The fraction of sp³-hybridized carbons (Fsp3) is 0.875. The Morgan fingerprint density at radius 2 is 1.62 bits per heavy atom. The molecule has 118 valence electrons. The fourth-order valence-electron chi connectivity index (χ4n) is 3.94. The van der Waals surface area contributed by atoms with Crippen LogP contribution in [0.1, 0.15) is 59.8 Å². The van der Waals surface area contributed by atoms with Gasteiger partial charge in [-0.3, -0.25) is 0 Å². The molecule has 2 aliphatic heterocycles. The van der Waals surface area contributed by atoms with Crippen LogP contribution in [0.15, 0.2) is 11.3 Å². The zero-order valence-electron chi connectivity index (χ0n) is 13.7. The molecule has 2 saturated heterocycles. The molecule has 3 aliphatic rings. The topological polar surface area (TPSA) is 30.5 Å². The normalized spacial score (nSPS) is 32.7. The summed E-state index contributed by atoms with van der Waals surface area (Å²) in [7, 11) is -0.824. The molecular formula is C16H27BFNO2. The van der Waals surface area contributed by atoms with E-state index in [0.29, 0.717) is 0 Å². The molecule has 0 aromatic carbocycles. The lowest BCUT2D eigenvalue weighted by Gasteiger charge is -2.36. The van der Waals surface area contributed by atoms with Gasteiger partial charge in [-0.05, 0) is 83.9 Å². The van der Waals surface area contributed by atoms with Gasteiger partial charge in [-0.25, -0.2) is 4.39 Å². The van der Waals surface area contributed by atoms with Gasteiger partial charge in [-0.1, -0.05) is 0 Å². The van der Waals surface area contributed by atoms with Crippen molar-refractivity contribution < 1.29 is 13.7 Å². The maximum atomic E-state index is 15.1. The molecule has 0 bridgehead atoms. The Morgan fingerprint density at radius 3 is 2.19 bits per heavy atom. The monoisotopic (exact) mass is 295 g/mol. The Kier molecular flexibility index (Phi) is 3.74. The van der Waals surface area contributed by atoms with Crippen molar-refractivity contribution >= 4 is 7.12 Å². The third-order valence-corrected chi connectivity index (χ3v) is 6.03. The van der Waals surface area contributed by atoms with Gasteiger partial charge in [0.2, 0.25) is 0 Å². The predicted octanol–water partition coefficient (Wildman–Crippen LogP) is 3.40. The molecule has 0 radical (unpaired) electrons. The molecule has 21 heavy (non-hydrogen) atoms. The summed E-state index contributed by atoms with van der Waals surface area (Å²) in [4.78, 5) is 0. The summed E-state index contributed by atoms with van der Waals surface area (Å²) in [5.41, 5.74) is -0.0698. The number of hydrogen-bond acceptors (Lipinski definition) is 3. The summed E-state index contributed by atoms with van der Waals surface area (Å²) in [6.45, 7) is 9.86. The smallest absolute Gasteiger partial charge is 0.398 e. The van der Waals surface area contributed by atoms with Crippen LogP contribution >= 0.6 is 0 Å². The van der Waals surface area contributed by atoms with Crippen LogP contribution in [0.2, 0.25) is 0 Å². The van der Waals surface area contributed by atoms with Crippen LogP contribution in [-0.2, 0) is 9.31 Å². The van der Waals surface area contributed by atoms with Crippen molar-refractivity contribution in [2.75, 3.05) is 13.1 Å². The molecular weight excluding hydrogens is 268 g/mol. The number of piperidine rings is 1. The van der Waals surface area contributed by atoms with Gasteiger partial charge in [0.05, 0.1) is 11.2 Å². The Morgan fingerprint density at radius 1 is 1.05 bits per heavy atom. The first-order chi connectivity index (χ1) is 9.78. The average molecular weight is 295 g/mol. The largest absolute Gasteiger partial charge is 0.525 e. The number of allylic oxidation sites excluding steroid dienone is 1. The molecule has 1 saturated carbocycles. The van der Waals surface area contributed by atoms with E-state index in [1.54, 1.807) is 0 Å². The highest BCUT2D eigenvalue weighted by Gasteiger charge is 2.55. The molecule has 3 nitrogen and oxygen atoms in total. The van der Waals surface area contributed by atoms with Gasteiger partial charge in [-0.15, -0.1) is 0 Å². The Hall–Kier alpha value is -0.385. The molecule has 0 aromatic rings. The molecule has 1 N–H and O–H groups in total. The second-order valence-electron chi connectivity index (χ2n) is 7.80. The van der Waals surface area contributed by atoms with Crippen molar-refractivity contribution in [2.45, 2.75) is 71.0 Å². The Bertz CT molecular complexity index is 439. The Balaban J connectivity index is 1.88. The van der Waals surface area contributed by atoms with Gasteiger partial charge in [0, 0.05) is 0 Å². The highest BCUT2D eigenvalue weighted by molar-refractivity contribution is 6.53. The van der Waals surface area contributed by atoms with Gasteiger partial charge >= 0.3 is 7.12 Å². The molecule has 3 fully saturated rings. The van der Waals surface area contributed by atoms with Crippen LogP contribution in [0.5, 0.6) is 0 Å². The minimum atomic E-state index is -0.824. The molecule has 3 rings (SSSR count). The lowest BCUT2D eigenvalue weighted by molar-refractivity contribution is 0.00578. The van der Waals surface area contributed by atoms with Gasteiger partial charge in [-0.2, -0.15) is 0 Å². The summed E-state index contributed by atoms with van der Waals surface area (Å²) in [5.74, 6) is 0. The predicted molar refractivity (Wildman–Crippen MR) is 82.6 cm³/mol. The maximum Gasteiger partial charge on any atom is 0.525 e. The fourth-order valence-corrected chi connectivity index (χ4v) is 3.94. The van der Waals surface area contributed by atoms with Gasteiger partial charge in [0.1, 0.15) is 5.73 Å². The highest BCUT2D eigenvalue weighted by atomic mass is 19.1. The lowest BCUT2D eigenvalue weighted by Crippen LogP contribution is -2.41. The van der Waals surface area contributed by atoms with E-state index in [1.165, 1.54) is 0 Å². The zero-order valence-corrected chi connectivity index (χ0v) is 13.7. The van der Waals surface area contributed by atoms with Crippen molar-refractivity contribution in [2.24, 2.45) is 5.41 Å². The summed E-state index contributed by atoms with van der Waals surface area (Å²) in [6, 6.07) is 0. The SMILES string of the molecule is CC1(C)OB(C(F)=C2CCCC23CCNCC3)OC1(C)C. The number of hydrogen-bond donors (Lipinski definition) is 1. The van der Waals surface area contributed by atoms with Crippen molar-refractivity contribution in [1.82, 2.24) is 5.32 Å². The first kappa shape index (κ1) is 15.5. The van der Waals surface area contributed by atoms with Gasteiger partial charge in [0.25, 0.3) is 0 Å². The molecule has 1 spiro atoms. The molecule has 1 aliphatic carbocycles. The van der Waals surface area contributed by atoms with E-state index in [4.69, 9.17) is 9.31 Å². The molecule has 5 heteroatoms. The average Bonchev–Trinajstić information content (AvgIpc) is 2.89. The zero-order chi connectivity index (χ0) is 15.3. The van der Waals surface area contributed by atoms with E-state index in [0.717, 1.165) is 50.8 Å². The maximum absolute atomic E-state index is 15.1. The minimum Gasteiger partial charge on any atom is -0.398 e. The van der Waals surface area contributed by atoms with Crippen LogP contribution in [0, 0.1) is 5.41 Å². The number of nitrogens with one attached hydrogen (secondary N) is 1. The minimum absolute atomic E-state index is 0.0545.